The molecule has 18 heteroatoms. The molecule has 2 aliphatic rings. The van der Waals surface area contributed by atoms with Gasteiger partial charge in [-0.3, -0.25) is 14.4 Å². The number of carbonyl (C=O) groups excluding carboxylic acids is 2. The highest BCUT2D eigenvalue weighted by Crippen LogP contribution is 2.33. The van der Waals surface area contributed by atoms with Gasteiger partial charge in [-0.05, 0) is 13.3 Å². The molecule has 0 saturated carbocycles. The number of halogens is 6. The molecule has 12 nitrogen and oxygen atoms in total. The van der Waals surface area contributed by atoms with Crippen molar-refractivity contribution in [2.75, 3.05) is 36.5 Å². The molecule has 224 valence electrons. The molecule has 4 heterocycles. The Balaban J connectivity index is 1.36. The smallest absolute Gasteiger partial charge is 0.378 e. The van der Waals surface area contributed by atoms with E-state index in [9.17, 15) is 40.7 Å². The van der Waals surface area contributed by atoms with Gasteiger partial charge in [-0.1, -0.05) is 0 Å². The third-order valence-corrected chi connectivity index (χ3v) is 6.87. The number of amides is 2. The summed E-state index contributed by atoms with van der Waals surface area (Å²) >= 11 is 0. The van der Waals surface area contributed by atoms with Crippen molar-refractivity contribution < 1.29 is 40.7 Å². The fourth-order valence-electron chi connectivity index (χ4n) is 4.92. The molecule has 41 heavy (non-hydrogen) atoms. The van der Waals surface area contributed by atoms with Crippen molar-refractivity contribution in [3.05, 3.63) is 40.1 Å². The van der Waals surface area contributed by atoms with Gasteiger partial charge in [0, 0.05) is 50.5 Å². The SMILES string of the molecule is CC(COC1CCN(C2CCN(c3ncc(C(F)(F)F)cn3)CC2C(N)=O)C1=O)Nc1cn[nH]c(=O)c1C(F)(F)F. The van der Waals surface area contributed by atoms with Crippen LogP contribution in [0.1, 0.15) is 30.9 Å². The van der Waals surface area contributed by atoms with E-state index in [0.717, 1.165) is 6.20 Å². The van der Waals surface area contributed by atoms with Crippen LogP contribution >= 0.6 is 0 Å². The third kappa shape index (κ3) is 6.68. The standard InChI is InChI=1S/C23H26F6N8O4/c1-11(34-14-8-33-35-19(39)17(14)23(27,28)29)10-41-16-3-5-37(20(16)40)15-2-4-36(9-13(15)18(30)38)21-31-6-12(7-32-21)22(24,25)26/h6-8,11,13,15-16H,2-5,9-10H2,1H3,(H2,30,38)(H2,34,35,39). The Morgan fingerprint density at radius 2 is 1.80 bits per heavy atom. The van der Waals surface area contributed by atoms with E-state index in [1.54, 1.807) is 5.10 Å². The Hall–Kier alpha value is -3.96. The summed E-state index contributed by atoms with van der Waals surface area (Å²) in [5, 5.41) is 7.66. The second-order valence-corrected chi connectivity index (χ2v) is 9.75. The van der Waals surface area contributed by atoms with Crippen LogP contribution in [0.15, 0.2) is 23.4 Å². The summed E-state index contributed by atoms with van der Waals surface area (Å²) in [6.45, 7) is 1.76. The Kier molecular flexibility index (Phi) is 8.41. The molecular formula is C23H26F6N8O4. The molecule has 2 fully saturated rings. The number of anilines is 2. The summed E-state index contributed by atoms with van der Waals surface area (Å²) < 4.78 is 84.0. The van der Waals surface area contributed by atoms with Gasteiger partial charge in [-0.2, -0.15) is 31.4 Å². The number of H-pyrrole nitrogens is 1. The van der Waals surface area contributed by atoms with Crippen LogP contribution in [-0.4, -0.2) is 81.3 Å². The summed E-state index contributed by atoms with van der Waals surface area (Å²) in [4.78, 5) is 47.6. The maximum atomic E-state index is 13.3. The normalized spacial score (nSPS) is 22.6. The van der Waals surface area contributed by atoms with Crippen LogP contribution < -0.4 is 21.5 Å². The molecule has 4 unspecified atom stereocenters. The average molecular weight is 593 g/mol. The number of nitrogens with two attached hydrogens (primary N) is 1. The molecule has 2 aromatic heterocycles. The number of likely N-dealkylation sites (tertiary alicyclic amines) is 1. The van der Waals surface area contributed by atoms with Gasteiger partial charge in [0.2, 0.25) is 11.9 Å². The lowest BCUT2D eigenvalue weighted by Crippen LogP contribution is -2.56. The highest BCUT2D eigenvalue weighted by Gasteiger charge is 2.44. The minimum absolute atomic E-state index is 0.0116. The Bertz CT molecular complexity index is 1320. The van der Waals surface area contributed by atoms with Crippen molar-refractivity contribution in [2.24, 2.45) is 11.7 Å². The first-order chi connectivity index (χ1) is 19.2. The van der Waals surface area contributed by atoms with E-state index in [2.05, 4.69) is 20.4 Å². The zero-order valence-corrected chi connectivity index (χ0v) is 21.5. The molecule has 4 atom stereocenters. The Labute approximate surface area is 228 Å². The highest BCUT2D eigenvalue weighted by atomic mass is 19.4. The summed E-state index contributed by atoms with van der Waals surface area (Å²) in [6.07, 6.45) is -7.83. The van der Waals surface area contributed by atoms with Gasteiger partial charge in [-0.15, -0.1) is 0 Å². The van der Waals surface area contributed by atoms with Crippen molar-refractivity contribution in [1.29, 1.82) is 0 Å². The monoisotopic (exact) mass is 592 g/mol. The van der Waals surface area contributed by atoms with Crippen LogP contribution in [0.4, 0.5) is 38.0 Å². The first-order valence-electron chi connectivity index (χ1n) is 12.4. The first kappa shape index (κ1) is 30.0. The molecule has 2 saturated heterocycles. The van der Waals surface area contributed by atoms with Crippen LogP contribution in [0, 0.1) is 5.92 Å². The van der Waals surface area contributed by atoms with Gasteiger partial charge < -0.3 is 25.6 Å². The topological polar surface area (TPSA) is 159 Å². The number of nitrogens with one attached hydrogen (secondary N) is 2. The molecular weight excluding hydrogens is 566 g/mol. The van der Waals surface area contributed by atoms with Crippen molar-refractivity contribution in [2.45, 2.75) is 50.3 Å². The number of carbonyl (C=O) groups is 2. The fraction of sp³-hybridized carbons (Fsp3) is 0.565. The van der Waals surface area contributed by atoms with Crippen LogP contribution in [0.3, 0.4) is 0 Å². The van der Waals surface area contributed by atoms with E-state index in [0.29, 0.717) is 12.4 Å². The number of nitrogens with zero attached hydrogens (tertiary/aromatic N) is 5. The zero-order chi connectivity index (χ0) is 30.1. The van der Waals surface area contributed by atoms with Gasteiger partial charge in [-0.25, -0.2) is 15.1 Å². The lowest BCUT2D eigenvalue weighted by molar-refractivity contribution is -0.141. The van der Waals surface area contributed by atoms with E-state index >= 15 is 0 Å². The van der Waals surface area contributed by atoms with Crippen LogP contribution in [0.5, 0.6) is 0 Å². The fourth-order valence-corrected chi connectivity index (χ4v) is 4.92. The summed E-state index contributed by atoms with van der Waals surface area (Å²) in [5.41, 5.74) is 1.21. The molecule has 2 amide bonds. The van der Waals surface area contributed by atoms with Gasteiger partial charge >= 0.3 is 12.4 Å². The average Bonchev–Trinajstić information content (AvgIpc) is 3.25. The number of alkyl halides is 6. The molecule has 2 aliphatic heterocycles. The first-order valence-corrected chi connectivity index (χ1v) is 12.4. The second kappa shape index (κ2) is 11.5. The quantitative estimate of drug-likeness (QED) is 0.385. The summed E-state index contributed by atoms with van der Waals surface area (Å²) in [6, 6.07) is -1.35. The third-order valence-electron chi connectivity index (χ3n) is 6.87. The van der Waals surface area contributed by atoms with E-state index in [4.69, 9.17) is 10.5 Å². The maximum absolute atomic E-state index is 13.3. The second-order valence-electron chi connectivity index (χ2n) is 9.75. The number of piperidine rings is 1. The number of aromatic amines is 1. The number of ether oxygens (including phenoxy) is 1. The molecule has 0 bridgehead atoms. The van der Waals surface area contributed by atoms with Crippen molar-refractivity contribution >= 4 is 23.5 Å². The lowest BCUT2D eigenvalue weighted by Gasteiger charge is -2.41. The minimum atomic E-state index is -4.92. The van der Waals surface area contributed by atoms with Gasteiger partial charge in [0.05, 0.1) is 30.0 Å². The number of hydrogen-bond acceptors (Lipinski definition) is 9. The van der Waals surface area contributed by atoms with Crippen LogP contribution in [-0.2, 0) is 26.7 Å². The predicted molar refractivity (Wildman–Crippen MR) is 129 cm³/mol. The molecule has 4 N–H and O–H groups in total. The van der Waals surface area contributed by atoms with E-state index in [-0.39, 0.29) is 45.0 Å². The number of hydrogen-bond donors (Lipinski definition) is 3. The van der Waals surface area contributed by atoms with Gasteiger partial charge in [0.1, 0.15) is 11.7 Å². The molecule has 4 rings (SSSR count). The summed E-state index contributed by atoms with van der Waals surface area (Å²) in [7, 11) is 0. The lowest BCUT2D eigenvalue weighted by atomic mass is 9.90. The highest BCUT2D eigenvalue weighted by molar-refractivity contribution is 5.85. The molecule has 0 aromatic carbocycles. The Morgan fingerprint density at radius 3 is 2.41 bits per heavy atom. The van der Waals surface area contributed by atoms with Gasteiger partial charge in [0.15, 0.2) is 0 Å². The number of aromatic nitrogens is 4. The number of rotatable bonds is 8. The largest absolute Gasteiger partial charge is 0.423 e. The van der Waals surface area contributed by atoms with E-state index in [1.807, 2.05) is 0 Å². The molecule has 0 aliphatic carbocycles. The van der Waals surface area contributed by atoms with E-state index in [1.165, 1.54) is 16.7 Å². The Morgan fingerprint density at radius 1 is 1.12 bits per heavy atom. The minimum Gasteiger partial charge on any atom is -0.378 e. The predicted octanol–water partition coefficient (Wildman–Crippen LogP) is 1.40. The van der Waals surface area contributed by atoms with Crippen molar-refractivity contribution in [3.8, 4) is 0 Å². The van der Waals surface area contributed by atoms with Crippen LogP contribution in [0.25, 0.3) is 0 Å². The zero-order valence-electron chi connectivity index (χ0n) is 21.5. The molecule has 2 aromatic rings. The molecule has 0 radical (unpaired) electrons. The van der Waals surface area contributed by atoms with E-state index < -0.39 is 70.6 Å². The van der Waals surface area contributed by atoms with Crippen molar-refractivity contribution in [1.82, 2.24) is 25.1 Å². The molecule has 0 spiro atoms. The maximum Gasteiger partial charge on any atom is 0.423 e. The van der Waals surface area contributed by atoms with Gasteiger partial charge in [0.25, 0.3) is 11.5 Å². The van der Waals surface area contributed by atoms with Crippen molar-refractivity contribution in [3.63, 3.8) is 0 Å². The number of primary amides is 1. The van der Waals surface area contributed by atoms with Crippen LogP contribution in [0.2, 0.25) is 0 Å². The summed E-state index contributed by atoms with van der Waals surface area (Å²) in [5.74, 6) is -2.03.